The number of hydrogen-bond donors (Lipinski definition) is 3. The zero-order valence-electron chi connectivity index (χ0n) is 16.2. The number of ether oxygens (including phenoxy) is 1. The van der Waals surface area contributed by atoms with Gasteiger partial charge in [-0.05, 0) is 43.3 Å². The first kappa shape index (κ1) is 20.7. The summed E-state index contributed by atoms with van der Waals surface area (Å²) in [5, 5.41) is 7.89. The highest BCUT2D eigenvalue weighted by Gasteiger charge is 2.16. The normalized spacial score (nSPS) is 11.4. The smallest absolute Gasteiger partial charge is 0.291 e. The molecule has 1 atom stereocenters. The second-order valence-electron chi connectivity index (χ2n) is 6.33. The Labute approximate surface area is 172 Å². The lowest BCUT2D eigenvalue weighted by atomic mass is 10.3. The first-order valence-corrected chi connectivity index (χ1v) is 9.18. The molecule has 3 aromatic rings. The van der Waals surface area contributed by atoms with Crippen LogP contribution < -0.4 is 20.7 Å². The van der Waals surface area contributed by atoms with E-state index in [4.69, 9.17) is 13.6 Å². The Morgan fingerprint density at radius 1 is 1.03 bits per heavy atom. The van der Waals surface area contributed by atoms with Crippen molar-refractivity contribution in [3.05, 3.63) is 72.6 Å². The molecule has 0 aliphatic carbocycles. The summed E-state index contributed by atoms with van der Waals surface area (Å²) in [5.41, 5.74) is 0.486. The minimum absolute atomic E-state index is 0.181. The molecule has 0 saturated heterocycles. The fourth-order valence-electron chi connectivity index (χ4n) is 2.50. The van der Waals surface area contributed by atoms with E-state index in [1.807, 2.05) is 0 Å². The van der Waals surface area contributed by atoms with Crippen molar-refractivity contribution in [2.75, 3.05) is 11.9 Å². The van der Waals surface area contributed by atoms with Crippen molar-refractivity contribution in [1.29, 1.82) is 0 Å². The number of carbonyl (C=O) groups excluding carboxylic acids is 3. The zero-order valence-corrected chi connectivity index (χ0v) is 16.2. The van der Waals surface area contributed by atoms with Gasteiger partial charge in [-0.2, -0.15) is 0 Å². The summed E-state index contributed by atoms with van der Waals surface area (Å²) in [4.78, 5) is 36.1. The standard InChI is InChI=1S/C21H21N3O6/c1-14(20(26)22-12-17-7-3-9-28-17)23-19(25)13-30-16-6-2-5-15(11-16)24-21(27)18-8-4-10-29-18/h2-11,14H,12-13H2,1H3,(H,22,26)(H,23,25)(H,24,27). The van der Waals surface area contributed by atoms with Gasteiger partial charge in [0, 0.05) is 11.8 Å². The van der Waals surface area contributed by atoms with Crippen molar-refractivity contribution in [1.82, 2.24) is 10.6 Å². The molecule has 0 spiro atoms. The van der Waals surface area contributed by atoms with Gasteiger partial charge in [-0.3, -0.25) is 14.4 Å². The molecule has 3 amide bonds. The Bertz CT molecular complexity index is 982. The van der Waals surface area contributed by atoms with E-state index >= 15 is 0 Å². The van der Waals surface area contributed by atoms with Gasteiger partial charge in [0.15, 0.2) is 12.4 Å². The Kier molecular flexibility index (Phi) is 6.88. The van der Waals surface area contributed by atoms with E-state index in [0.29, 0.717) is 17.2 Å². The highest BCUT2D eigenvalue weighted by Crippen LogP contribution is 2.18. The maximum absolute atomic E-state index is 12.1. The van der Waals surface area contributed by atoms with Gasteiger partial charge < -0.3 is 29.5 Å². The molecule has 9 nitrogen and oxygen atoms in total. The molecule has 0 bridgehead atoms. The molecule has 9 heteroatoms. The van der Waals surface area contributed by atoms with Crippen LogP contribution in [0.3, 0.4) is 0 Å². The zero-order chi connectivity index (χ0) is 21.3. The molecule has 30 heavy (non-hydrogen) atoms. The molecule has 3 rings (SSSR count). The van der Waals surface area contributed by atoms with Crippen LogP contribution in [-0.4, -0.2) is 30.4 Å². The molecule has 0 fully saturated rings. The molecular formula is C21H21N3O6. The molecule has 3 N–H and O–H groups in total. The van der Waals surface area contributed by atoms with E-state index in [9.17, 15) is 14.4 Å². The van der Waals surface area contributed by atoms with Crippen LogP contribution in [-0.2, 0) is 16.1 Å². The van der Waals surface area contributed by atoms with Gasteiger partial charge in [-0.15, -0.1) is 0 Å². The Morgan fingerprint density at radius 2 is 1.83 bits per heavy atom. The number of benzene rings is 1. The Balaban J connectivity index is 1.43. The number of nitrogens with one attached hydrogen (secondary N) is 3. The molecule has 0 aliphatic heterocycles. The van der Waals surface area contributed by atoms with Gasteiger partial charge in [0.1, 0.15) is 17.6 Å². The predicted molar refractivity (Wildman–Crippen MR) is 107 cm³/mol. The molecule has 156 valence electrons. The molecule has 2 aromatic heterocycles. The van der Waals surface area contributed by atoms with Crippen molar-refractivity contribution >= 4 is 23.4 Å². The predicted octanol–water partition coefficient (Wildman–Crippen LogP) is 2.32. The first-order chi connectivity index (χ1) is 14.5. The Hall–Kier alpha value is -4.01. The van der Waals surface area contributed by atoms with Gasteiger partial charge >= 0.3 is 0 Å². The van der Waals surface area contributed by atoms with Gasteiger partial charge in [0.2, 0.25) is 5.91 Å². The monoisotopic (exact) mass is 411 g/mol. The maximum Gasteiger partial charge on any atom is 0.291 e. The van der Waals surface area contributed by atoms with Crippen molar-refractivity contribution in [2.24, 2.45) is 0 Å². The number of amides is 3. The SMILES string of the molecule is CC(NC(=O)COc1cccc(NC(=O)c2ccco2)c1)C(=O)NCc1ccco1. The fourth-order valence-corrected chi connectivity index (χ4v) is 2.50. The van der Waals surface area contributed by atoms with Gasteiger partial charge in [-0.1, -0.05) is 6.07 Å². The highest BCUT2D eigenvalue weighted by molar-refractivity contribution is 6.02. The maximum atomic E-state index is 12.1. The summed E-state index contributed by atoms with van der Waals surface area (Å²) in [7, 11) is 0. The van der Waals surface area contributed by atoms with Crippen LogP contribution >= 0.6 is 0 Å². The minimum atomic E-state index is -0.741. The summed E-state index contributed by atoms with van der Waals surface area (Å²) >= 11 is 0. The quantitative estimate of drug-likeness (QED) is 0.497. The number of furan rings is 2. The van der Waals surface area contributed by atoms with Crippen LogP contribution in [0, 0.1) is 0 Å². The molecule has 0 saturated carbocycles. The van der Waals surface area contributed by atoms with E-state index < -0.39 is 17.9 Å². The van der Waals surface area contributed by atoms with Gasteiger partial charge in [0.05, 0.1) is 19.1 Å². The molecule has 1 aromatic carbocycles. The highest BCUT2D eigenvalue weighted by atomic mass is 16.5. The lowest BCUT2D eigenvalue weighted by molar-refractivity contribution is -0.129. The summed E-state index contributed by atoms with van der Waals surface area (Å²) in [5.74, 6) is -0.0195. The summed E-state index contributed by atoms with van der Waals surface area (Å²) in [6.45, 7) is 1.52. The fraction of sp³-hybridized carbons (Fsp3) is 0.190. The van der Waals surface area contributed by atoms with E-state index in [2.05, 4.69) is 16.0 Å². The van der Waals surface area contributed by atoms with E-state index in [1.54, 1.807) is 55.5 Å². The van der Waals surface area contributed by atoms with Crippen LogP contribution in [0.25, 0.3) is 0 Å². The molecule has 1 unspecified atom stereocenters. The van der Waals surface area contributed by atoms with E-state index in [-0.39, 0.29) is 24.8 Å². The van der Waals surface area contributed by atoms with Crippen LogP contribution in [0.1, 0.15) is 23.2 Å². The number of rotatable bonds is 9. The summed E-state index contributed by atoms with van der Waals surface area (Å²) in [6, 6.07) is 12.5. The van der Waals surface area contributed by atoms with E-state index in [1.165, 1.54) is 12.5 Å². The molecule has 0 aliphatic rings. The van der Waals surface area contributed by atoms with Crippen molar-refractivity contribution in [2.45, 2.75) is 19.5 Å². The van der Waals surface area contributed by atoms with Crippen LogP contribution in [0.15, 0.2) is 69.9 Å². The average molecular weight is 411 g/mol. The van der Waals surface area contributed by atoms with Crippen molar-refractivity contribution < 1.29 is 28.0 Å². The molecule has 2 heterocycles. The minimum Gasteiger partial charge on any atom is -0.484 e. The third kappa shape index (κ3) is 5.99. The third-order valence-electron chi connectivity index (χ3n) is 3.99. The second kappa shape index (κ2) is 9.97. The summed E-state index contributed by atoms with van der Waals surface area (Å²) in [6.07, 6.45) is 2.92. The number of anilines is 1. The number of carbonyl (C=O) groups is 3. The largest absolute Gasteiger partial charge is 0.484 e. The number of hydrogen-bond acceptors (Lipinski definition) is 6. The van der Waals surface area contributed by atoms with Gasteiger partial charge in [0.25, 0.3) is 11.8 Å². The van der Waals surface area contributed by atoms with Crippen LogP contribution in [0.5, 0.6) is 5.75 Å². The van der Waals surface area contributed by atoms with Crippen LogP contribution in [0.2, 0.25) is 0 Å². The van der Waals surface area contributed by atoms with Crippen LogP contribution in [0.4, 0.5) is 5.69 Å². The molecule has 0 radical (unpaired) electrons. The van der Waals surface area contributed by atoms with Crippen molar-refractivity contribution in [3.8, 4) is 5.75 Å². The topological polar surface area (TPSA) is 123 Å². The Morgan fingerprint density at radius 3 is 2.57 bits per heavy atom. The lowest BCUT2D eigenvalue weighted by Crippen LogP contribution is -2.46. The summed E-state index contributed by atoms with van der Waals surface area (Å²) < 4.78 is 15.6. The molecular weight excluding hydrogens is 390 g/mol. The van der Waals surface area contributed by atoms with Crippen molar-refractivity contribution in [3.63, 3.8) is 0 Å². The van der Waals surface area contributed by atoms with E-state index in [0.717, 1.165) is 0 Å². The first-order valence-electron chi connectivity index (χ1n) is 9.18. The van der Waals surface area contributed by atoms with Gasteiger partial charge in [-0.25, -0.2) is 0 Å². The second-order valence-corrected chi connectivity index (χ2v) is 6.33. The lowest BCUT2D eigenvalue weighted by Gasteiger charge is -2.14. The average Bonchev–Trinajstić information content (AvgIpc) is 3.45. The third-order valence-corrected chi connectivity index (χ3v) is 3.99.